The number of hydrogen-bond donors (Lipinski definition) is 0. The number of carbonyl (C=O) groups excluding carboxylic acids is 1. The second-order valence-electron chi connectivity index (χ2n) is 11.2. The highest BCUT2D eigenvalue weighted by Crippen LogP contribution is 2.46. The average molecular weight is 604 g/mol. The van der Waals surface area contributed by atoms with Crippen molar-refractivity contribution in [2.75, 3.05) is 40.5 Å². The molecule has 0 unspecified atom stereocenters. The molecular formula is C36H45NO7. The minimum atomic E-state index is -0.645. The Bertz CT molecular complexity index is 1380. The summed E-state index contributed by atoms with van der Waals surface area (Å²) in [6, 6.07) is 19.4. The molecule has 4 rings (SSSR count). The van der Waals surface area contributed by atoms with Crippen LogP contribution in [0.2, 0.25) is 0 Å². The molecule has 0 aliphatic carbocycles. The van der Waals surface area contributed by atoms with Gasteiger partial charge in [-0.05, 0) is 57.0 Å². The van der Waals surface area contributed by atoms with E-state index in [1.165, 1.54) is 0 Å². The largest absolute Gasteiger partial charge is 0.493 e. The Hall–Kier alpha value is -4.17. The Morgan fingerprint density at radius 2 is 1.48 bits per heavy atom. The van der Waals surface area contributed by atoms with Crippen LogP contribution in [0.25, 0.3) is 0 Å². The Morgan fingerprint density at radius 1 is 0.841 bits per heavy atom. The summed E-state index contributed by atoms with van der Waals surface area (Å²) >= 11 is 0. The Balaban J connectivity index is 1.86. The van der Waals surface area contributed by atoms with E-state index >= 15 is 0 Å². The van der Waals surface area contributed by atoms with Crippen LogP contribution in [0.4, 0.5) is 0 Å². The lowest BCUT2D eigenvalue weighted by Gasteiger charge is -2.34. The minimum absolute atomic E-state index is 0.0340. The zero-order valence-corrected chi connectivity index (χ0v) is 26.7. The van der Waals surface area contributed by atoms with Crippen LogP contribution in [-0.4, -0.2) is 63.5 Å². The first-order valence-corrected chi connectivity index (χ1v) is 15.1. The van der Waals surface area contributed by atoms with E-state index in [0.29, 0.717) is 61.7 Å². The number of morpholine rings is 1. The third-order valence-electron chi connectivity index (χ3n) is 7.37. The quantitative estimate of drug-likeness (QED) is 0.188. The fourth-order valence-corrected chi connectivity index (χ4v) is 5.34. The van der Waals surface area contributed by atoms with E-state index in [0.717, 1.165) is 16.7 Å². The zero-order valence-electron chi connectivity index (χ0n) is 26.7. The maximum absolute atomic E-state index is 14.4. The van der Waals surface area contributed by atoms with Crippen molar-refractivity contribution in [3.8, 4) is 28.7 Å². The van der Waals surface area contributed by atoms with E-state index in [-0.39, 0.29) is 18.1 Å². The van der Waals surface area contributed by atoms with Crippen LogP contribution in [0.1, 0.15) is 56.2 Å². The summed E-state index contributed by atoms with van der Waals surface area (Å²) in [5.41, 5.74) is 2.55. The molecule has 0 saturated carbocycles. The molecule has 2 atom stereocenters. The molecule has 1 aliphatic heterocycles. The number of allylic oxidation sites excluding steroid dienone is 1. The molecule has 8 nitrogen and oxygen atoms in total. The fourth-order valence-electron chi connectivity index (χ4n) is 5.34. The lowest BCUT2D eigenvalue weighted by atomic mass is 9.79. The van der Waals surface area contributed by atoms with Crippen molar-refractivity contribution in [1.29, 1.82) is 0 Å². The van der Waals surface area contributed by atoms with Crippen molar-refractivity contribution < 1.29 is 33.2 Å². The molecule has 0 radical (unpaired) electrons. The maximum Gasteiger partial charge on any atom is 0.231 e. The van der Waals surface area contributed by atoms with Crippen LogP contribution in [0.3, 0.4) is 0 Å². The fraction of sp³-hybridized carbons (Fsp3) is 0.417. The first-order chi connectivity index (χ1) is 21.2. The third kappa shape index (κ3) is 8.05. The molecular weight excluding hydrogens is 558 g/mol. The molecule has 1 fully saturated rings. The maximum atomic E-state index is 14.4. The van der Waals surface area contributed by atoms with Gasteiger partial charge in [0.05, 0.1) is 45.6 Å². The second kappa shape index (κ2) is 15.5. The predicted octanol–water partition coefficient (Wildman–Crippen LogP) is 6.77. The third-order valence-corrected chi connectivity index (χ3v) is 7.37. The number of amides is 1. The van der Waals surface area contributed by atoms with Crippen LogP contribution >= 0.6 is 0 Å². The molecule has 1 amide bonds. The number of nitrogens with zero attached hydrogens (tertiary/aromatic N) is 1. The van der Waals surface area contributed by atoms with Gasteiger partial charge in [0.2, 0.25) is 5.91 Å². The van der Waals surface area contributed by atoms with Crippen LogP contribution in [0.5, 0.6) is 28.7 Å². The summed E-state index contributed by atoms with van der Waals surface area (Å²) < 4.78 is 35.6. The molecule has 0 spiro atoms. The van der Waals surface area contributed by atoms with Gasteiger partial charge < -0.3 is 33.3 Å². The number of carbonyl (C=O) groups is 1. The number of rotatable bonds is 14. The molecule has 1 heterocycles. The molecule has 8 heteroatoms. The molecule has 0 N–H and O–H groups in total. The van der Waals surface area contributed by atoms with Crippen LogP contribution in [0.15, 0.2) is 73.3 Å². The molecule has 1 saturated heterocycles. The first kappa shape index (κ1) is 32.7. The van der Waals surface area contributed by atoms with E-state index < -0.39 is 11.8 Å². The van der Waals surface area contributed by atoms with Gasteiger partial charge in [-0.25, -0.2) is 0 Å². The van der Waals surface area contributed by atoms with Crippen molar-refractivity contribution >= 4 is 5.91 Å². The average Bonchev–Trinajstić information content (AvgIpc) is 3.03. The molecule has 1 aliphatic rings. The van der Waals surface area contributed by atoms with Gasteiger partial charge >= 0.3 is 0 Å². The standard InChI is InChI=1S/C36H45NO7/c1-8-28(29-21-33(40-7)34(44-25(4)5)22-31(29)42-23-26-12-10-9-11-13-26)35(36(38)37-16-18-41-19-17-37)27-14-15-30(43-24(2)3)32(20-27)39-6/h8-15,20-22,24-25,28,35H,1,16-19,23H2,2-7H3/t28-,35-/m1/s1. The van der Waals surface area contributed by atoms with E-state index in [1.54, 1.807) is 20.3 Å². The second-order valence-corrected chi connectivity index (χ2v) is 11.2. The topological polar surface area (TPSA) is 75.7 Å². The molecule has 3 aromatic carbocycles. The predicted molar refractivity (Wildman–Crippen MR) is 171 cm³/mol. The van der Waals surface area contributed by atoms with E-state index in [1.807, 2.05) is 93.3 Å². The van der Waals surface area contributed by atoms with Gasteiger partial charge in [-0.3, -0.25) is 4.79 Å². The summed E-state index contributed by atoms with van der Waals surface area (Å²) in [7, 11) is 3.21. The van der Waals surface area contributed by atoms with Crippen molar-refractivity contribution in [3.05, 3.63) is 90.0 Å². The molecule has 3 aromatic rings. The Kier molecular flexibility index (Phi) is 11.6. The highest BCUT2D eigenvalue weighted by Gasteiger charge is 2.36. The van der Waals surface area contributed by atoms with Crippen molar-refractivity contribution in [3.63, 3.8) is 0 Å². The summed E-state index contributed by atoms with van der Waals surface area (Å²) in [6.07, 6.45) is 1.69. The summed E-state index contributed by atoms with van der Waals surface area (Å²) in [6.45, 7) is 14.4. The van der Waals surface area contributed by atoms with Gasteiger partial charge in [0, 0.05) is 30.6 Å². The molecule has 44 heavy (non-hydrogen) atoms. The Morgan fingerprint density at radius 3 is 2.09 bits per heavy atom. The normalized spacial score (nSPS) is 14.6. The number of methoxy groups -OCH3 is 2. The van der Waals surface area contributed by atoms with Gasteiger partial charge in [0.15, 0.2) is 23.0 Å². The van der Waals surface area contributed by atoms with Crippen molar-refractivity contribution in [2.45, 2.75) is 58.3 Å². The molecule has 0 aromatic heterocycles. The van der Waals surface area contributed by atoms with E-state index in [2.05, 4.69) is 6.58 Å². The van der Waals surface area contributed by atoms with Crippen LogP contribution in [0, 0.1) is 0 Å². The first-order valence-electron chi connectivity index (χ1n) is 15.1. The number of ether oxygens (including phenoxy) is 6. The van der Waals surface area contributed by atoms with Gasteiger partial charge in [-0.2, -0.15) is 0 Å². The highest BCUT2D eigenvalue weighted by atomic mass is 16.5. The number of benzene rings is 3. The van der Waals surface area contributed by atoms with Gasteiger partial charge in [0.1, 0.15) is 12.4 Å². The monoisotopic (exact) mass is 603 g/mol. The summed E-state index contributed by atoms with van der Waals surface area (Å²) in [4.78, 5) is 16.3. The number of hydrogen-bond acceptors (Lipinski definition) is 7. The van der Waals surface area contributed by atoms with Gasteiger partial charge in [-0.15, -0.1) is 6.58 Å². The van der Waals surface area contributed by atoms with Gasteiger partial charge in [0.25, 0.3) is 0 Å². The summed E-state index contributed by atoms with van der Waals surface area (Å²) in [5.74, 6) is 1.69. The van der Waals surface area contributed by atoms with Crippen LogP contribution < -0.4 is 23.7 Å². The minimum Gasteiger partial charge on any atom is -0.493 e. The molecule has 0 bridgehead atoms. The van der Waals surface area contributed by atoms with Gasteiger partial charge in [-0.1, -0.05) is 42.5 Å². The van der Waals surface area contributed by atoms with Crippen molar-refractivity contribution in [1.82, 2.24) is 4.90 Å². The van der Waals surface area contributed by atoms with E-state index in [9.17, 15) is 4.79 Å². The lowest BCUT2D eigenvalue weighted by Crippen LogP contribution is -2.44. The van der Waals surface area contributed by atoms with Crippen LogP contribution in [-0.2, 0) is 16.1 Å². The Labute approximate surface area is 261 Å². The van der Waals surface area contributed by atoms with Crippen molar-refractivity contribution in [2.24, 2.45) is 0 Å². The van der Waals surface area contributed by atoms with E-state index in [4.69, 9.17) is 28.4 Å². The highest BCUT2D eigenvalue weighted by molar-refractivity contribution is 5.86. The summed E-state index contributed by atoms with van der Waals surface area (Å²) in [5, 5.41) is 0. The lowest BCUT2D eigenvalue weighted by molar-refractivity contribution is -0.137. The zero-order chi connectivity index (χ0) is 31.6. The smallest absolute Gasteiger partial charge is 0.231 e. The molecule has 236 valence electrons. The SMILES string of the molecule is C=C[C@H](c1cc(OC)c(OC(C)C)cc1OCc1ccccc1)[C@H](C(=O)N1CCOCC1)c1ccc(OC(C)C)c(OC)c1.